The first-order valence-corrected chi connectivity index (χ1v) is 13.9. The van der Waals surface area contributed by atoms with E-state index in [1.807, 2.05) is 0 Å². The summed E-state index contributed by atoms with van der Waals surface area (Å²) in [7, 11) is 0. The number of nitrogens with two attached hydrogens (primary N) is 6. The molecule has 42 heavy (non-hydrogen) atoms. The van der Waals surface area contributed by atoms with E-state index in [4.69, 9.17) is 62.8 Å². The van der Waals surface area contributed by atoms with Crippen molar-refractivity contribution in [2.24, 2.45) is 34.4 Å². The Morgan fingerprint density at radius 1 is 0.524 bits per heavy atom. The fourth-order valence-electron chi connectivity index (χ4n) is 5.74. The van der Waals surface area contributed by atoms with Crippen LogP contribution in [0.4, 0.5) is 0 Å². The van der Waals surface area contributed by atoms with Crippen molar-refractivity contribution in [2.75, 3.05) is 19.7 Å². The first kappa shape index (κ1) is 34.1. The molecule has 3 aliphatic heterocycles. The third-order valence-corrected chi connectivity index (χ3v) is 8.37. The van der Waals surface area contributed by atoms with E-state index in [0.29, 0.717) is 0 Å². The summed E-state index contributed by atoms with van der Waals surface area (Å²) in [5, 5.41) is 73.0. The van der Waals surface area contributed by atoms with Gasteiger partial charge in [-0.1, -0.05) is 0 Å². The van der Waals surface area contributed by atoms with Gasteiger partial charge in [-0.05, 0) is 6.42 Å². The first-order chi connectivity index (χ1) is 19.8. The molecule has 4 aliphatic rings. The molecule has 3 heterocycles. The first-order valence-electron chi connectivity index (χ1n) is 13.9. The second-order valence-corrected chi connectivity index (χ2v) is 11.2. The topological polar surface area (TPSA) is 353 Å². The van der Waals surface area contributed by atoms with Crippen LogP contribution in [0.25, 0.3) is 0 Å². The van der Waals surface area contributed by atoms with Crippen molar-refractivity contribution in [1.29, 1.82) is 0 Å². The Morgan fingerprint density at radius 2 is 0.976 bits per heavy atom. The summed E-state index contributed by atoms with van der Waals surface area (Å²) in [4.78, 5) is 0. The largest absolute Gasteiger partial charge is 0.394 e. The van der Waals surface area contributed by atoms with Gasteiger partial charge in [0.15, 0.2) is 18.9 Å². The third kappa shape index (κ3) is 6.60. The lowest BCUT2D eigenvalue weighted by Gasteiger charge is -2.47. The number of aliphatic hydroxyl groups is 7. The van der Waals surface area contributed by atoms with Crippen molar-refractivity contribution in [2.45, 2.75) is 123 Å². The second kappa shape index (κ2) is 14.1. The van der Waals surface area contributed by atoms with E-state index in [1.165, 1.54) is 0 Å². The zero-order chi connectivity index (χ0) is 31.0. The predicted octanol–water partition coefficient (Wildman–Crippen LogP) is -8.90. The van der Waals surface area contributed by atoms with E-state index >= 15 is 0 Å². The third-order valence-electron chi connectivity index (χ3n) is 8.37. The Kier molecular flexibility index (Phi) is 11.5. The molecule has 0 aromatic heterocycles. The molecule has 1 aliphatic carbocycles. The zero-order valence-electron chi connectivity index (χ0n) is 22.8. The van der Waals surface area contributed by atoms with Gasteiger partial charge in [-0.15, -0.1) is 0 Å². The average molecular weight is 615 g/mol. The Bertz CT molecular complexity index is 868. The Morgan fingerprint density at radius 3 is 1.45 bits per heavy atom. The molecule has 4 rings (SSSR count). The van der Waals surface area contributed by atoms with Crippen molar-refractivity contribution in [3.63, 3.8) is 0 Å². The highest BCUT2D eigenvalue weighted by Gasteiger charge is 2.54. The average Bonchev–Trinajstić information content (AvgIpc) is 3.27. The van der Waals surface area contributed by atoms with Crippen LogP contribution in [0, 0.1) is 0 Å². The normalized spacial score (nSPS) is 53.8. The van der Waals surface area contributed by atoms with Crippen molar-refractivity contribution < 1.29 is 64.2 Å². The van der Waals surface area contributed by atoms with Gasteiger partial charge in [0.1, 0.15) is 67.1 Å². The smallest absolute Gasteiger partial charge is 0.187 e. The summed E-state index contributed by atoms with van der Waals surface area (Å²) in [5.41, 5.74) is 35.6. The van der Waals surface area contributed by atoms with Gasteiger partial charge in [0.2, 0.25) is 0 Å². The quantitative estimate of drug-likeness (QED) is 0.115. The highest BCUT2D eigenvalue weighted by Crippen LogP contribution is 2.34. The Balaban J connectivity index is 1.50. The molecule has 19 nitrogen and oxygen atoms in total. The maximum atomic E-state index is 11.1. The van der Waals surface area contributed by atoms with E-state index in [1.54, 1.807) is 0 Å². The van der Waals surface area contributed by atoms with Gasteiger partial charge < -0.3 is 98.6 Å². The van der Waals surface area contributed by atoms with Crippen LogP contribution in [0.5, 0.6) is 0 Å². The van der Waals surface area contributed by atoms with Crippen molar-refractivity contribution in [3.05, 3.63) is 0 Å². The fraction of sp³-hybridized carbons (Fsp3) is 1.00. The monoisotopic (exact) mass is 614 g/mol. The molecular weight excluding hydrogens is 568 g/mol. The number of rotatable bonds is 9. The van der Waals surface area contributed by atoms with Crippen LogP contribution in [0.15, 0.2) is 0 Å². The number of hydrogen-bond donors (Lipinski definition) is 13. The SMILES string of the molecule is NC[C@@H]1OC(O[C@H]2[C@@H](O)[C@H](O[C@H]3C(O[C@H]4O[C@H](CN)[C@@H](O)[C@H](O)[C@H]4N)[C@@H](N)C[C@@H](N)[C@@H]3O)O[C@@H]2CO)[C@H](N)[C@@H](O)[C@@H]1O. The van der Waals surface area contributed by atoms with Crippen LogP contribution in [-0.2, 0) is 28.4 Å². The molecular formula is C23H46N6O13. The van der Waals surface area contributed by atoms with Crippen LogP contribution < -0.4 is 34.4 Å². The minimum absolute atomic E-state index is 0.0889. The predicted molar refractivity (Wildman–Crippen MR) is 138 cm³/mol. The van der Waals surface area contributed by atoms with E-state index in [2.05, 4.69) is 0 Å². The molecule has 0 aromatic rings. The molecule has 19 atom stereocenters. The maximum Gasteiger partial charge on any atom is 0.187 e. The summed E-state index contributed by atoms with van der Waals surface area (Å²) >= 11 is 0. The molecule has 0 aromatic carbocycles. The lowest BCUT2D eigenvalue weighted by molar-refractivity contribution is -0.306. The van der Waals surface area contributed by atoms with E-state index in [-0.39, 0.29) is 19.5 Å². The Hall–Kier alpha value is -0.760. The van der Waals surface area contributed by atoms with Gasteiger partial charge in [-0.3, -0.25) is 0 Å². The molecule has 19 N–H and O–H groups in total. The van der Waals surface area contributed by atoms with Crippen LogP contribution in [-0.4, -0.2) is 172 Å². The molecule has 4 fully saturated rings. The van der Waals surface area contributed by atoms with Crippen molar-refractivity contribution in [1.82, 2.24) is 0 Å². The van der Waals surface area contributed by atoms with Crippen LogP contribution in [0.2, 0.25) is 0 Å². The molecule has 19 heteroatoms. The molecule has 0 bridgehead atoms. The lowest BCUT2D eigenvalue weighted by atomic mass is 9.84. The lowest BCUT2D eigenvalue weighted by Crippen LogP contribution is -2.68. The molecule has 3 saturated heterocycles. The minimum atomic E-state index is -1.60. The number of hydrogen-bond acceptors (Lipinski definition) is 19. The summed E-state index contributed by atoms with van der Waals surface area (Å²) in [6.45, 7) is -0.967. The molecule has 246 valence electrons. The molecule has 0 amide bonds. The molecule has 0 spiro atoms. The minimum Gasteiger partial charge on any atom is -0.394 e. The van der Waals surface area contributed by atoms with Gasteiger partial charge in [-0.2, -0.15) is 0 Å². The van der Waals surface area contributed by atoms with Gasteiger partial charge >= 0.3 is 0 Å². The molecule has 0 radical (unpaired) electrons. The fourth-order valence-corrected chi connectivity index (χ4v) is 5.74. The van der Waals surface area contributed by atoms with Gasteiger partial charge in [0.25, 0.3) is 0 Å². The summed E-state index contributed by atoms with van der Waals surface area (Å²) < 4.78 is 34.6. The van der Waals surface area contributed by atoms with E-state index < -0.39 is 123 Å². The summed E-state index contributed by atoms with van der Waals surface area (Å²) in [6, 6.07) is -4.18. The summed E-state index contributed by atoms with van der Waals surface area (Å²) in [6.07, 6.45) is -19.8. The van der Waals surface area contributed by atoms with Crippen molar-refractivity contribution in [3.8, 4) is 0 Å². The standard InChI is InChI=1S/C23H46N6O13/c24-2-7-13(32)15(34)10(28)21(37-7)40-18-6(27)1-5(26)12(31)20(18)42-23-17(36)19(9(4-30)39-23)41-22-11(29)16(35)14(33)8(3-25)38-22/h5-23,30-36H,1-4,24-29H2/t5-,6+,7-,8+,9-,10-,11-,12+,13-,14-,15-,16-,17-,18?,19-,20-,21-,22?,23+/m1/s1. The second-order valence-electron chi connectivity index (χ2n) is 11.2. The Labute approximate surface area is 241 Å². The van der Waals surface area contributed by atoms with Crippen LogP contribution >= 0.6 is 0 Å². The summed E-state index contributed by atoms with van der Waals surface area (Å²) in [5.74, 6) is 0. The van der Waals surface area contributed by atoms with Crippen LogP contribution in [0.3, 0.4) is 0 Å². The number of aliphatic hydroxyl groups excluding tert-OH is 7. The van der Waals surface area contributed by atoms with Crippen molar-refractivity contribution >= 4 is 0 Å². The van der Waals surface area contributed by atoms with Crippen LogP contribution in [0.1, 0.15) is 6.42 Å². The van der Waals surface area contributed by atoms with E-state index in [0.717, 1.165) is 0 Å². The van der Waals surface area contributed by atoms with E-state index in [9.17, 15) is 35.7 Å². The zero-order valence-corrected chi connectivity index (χ0v) is 22.8. The highest BCUT2D eigenvalue weighted by atomic mass is 16.8. The van der Waals surface area contributed by atoms with Gasteiger partial charge in [0.05, 0.1) is 24.8 Å². The van der Waals surface area contributed by atoms with Gasteiger partial charge in [-0.25, -0.2) is 0 Å². The maximum absolute atomic E-state index is 11.1. The van der Waals surface area contributed by atoms with Gasteiger partial charge in [0, 0.05) is 25.2 Å². The molecule has 2 unspecified atom stereocenters. The number of ether oxygens (including phenoxy) is 6. The molecule has 1 saturated carbocycles. The highest BCUT2D eigenvalue weighted by molar-refractivity contribution is 5.02.